The minimum absolute atomic E-state index is 0.00230. The van der Waals surface area contributed by atoms with Crippen LogP contribution in [0.1, 0.15) is 43.9 Å². The van der Waals surface area contributed by atoms with Crippen LogP contribution >= 0.6 is 23.2 Å². The molecule has 0 heterocycles. The summed E-state index contributed by atoms with van der Waals surface area (Å²) in [7, 11) is -4.25. The Kier molecular flexibility index (Phi) is 10.6. The number of carbonyl (C=O) groups is 2. The first-order valence-electron chi connectivity index (χ1n) is 13.0. The standard InChI is InChI=1S/C30H35Cl2N3O4S/c1-6-26(30(37)33-20(2)3)34(18-23-10-7-9-22(5)17-23)28(36)19-35(27-12-8-11-25(31)29(27)32)40(38,39)24-15-13-21(4)14-16-24/h7-17,20,26H,6,18-19H2,1-5H3,(H,33,37)/t26-/m1/s1. The third-order valence-corrected chi connectivity index (χ3v) is 8.92. The summed E-state index contributed by atoms with van der Waals surface area (Å²) in [6.07, 6.45) is 0.332. The van der Waals surface area contributed by atoms with Crippen LogP contribution in [0.4, 0.5) is 5.69 Å². The molecule has 214 valence electrons. The molecule has 0 aliphatic rings. The number of aryl methyl sites for hydroxylation is 2. The van der Waals surface area contributed by atoms with Crippen molar-refractivity contribution >= 4 is 50.7 Å². The van der Waals surface area contributed by atoms with Gasteiger partial charge >= 0.3 is 0 Å². The predicted molar refractivity (Wildman–Crippen MR) is 161 cm³/mol. The molecule has 10 heteroatoms. The molecule has 0 aliphatic heterocycles. The third kappa shape index (κ3) is 7.56. The number of anilines is 1. The van der Waals surface area contributed by atoms with Gasteiger partial charge < -0.3 is 10.2 Å². The van der Waals surface area contributed by atoms with E-state index in [1.54, 1.807) is 24.3 Å². The molecule has 40 heavy (non-hydrogen) atoms. The second-order valence-corrected chi connectivity index (χ2v) is 12.6. The van der Waals surface area contributed by atoms with Crippen LogP contribution in [0.5, 0.6) is 0 Å². The van der Waals surface area contributed by atoms with Crippen LogP contribution in [0.15, 0.2) is 71.6 Å². The number of nitrogens with zero attached hydrogens (tertiary/aromatic N) is 2. The highest BCUT2D eigenvalue weighted by atomic mass is 35.5. The summed E-state index contributed by atoms with van der Waals surface area (Å²) in [5, 5.41) is 3.04. The minimum Gasteiger partial charge on any atom is -0.352 e. The molecular weight excluding hydrogens is 569 g/mol. The number of amides is 2. The van der Waals surface area contributed by atoms with E-state index in [-0.39, 0.29) is 39.1 Å². The number of sulfonamides is 1. The van der Waals surface area contributed by atoms with Gasteiger partial charge in [-0.15, -0.1) is 0 Å². The molecule has 0 radical (unpaired) electrons. The molecule has 1 N–H and O–H groups in total. The van der Waals surface area contributed by atoms with Gasteiger partial charge in [0.1, 0.15) is 12.6 Å². The molecule has 0 aliphatic carbocycles. The van der Waals surface area contributed by atoms with Crippen molar-refractivity contribution in [2.45, 2.75) is 64.6 Å². The lowest BCUT2D eigenvalue weighted by Crippen LogP contribution is -2.53. The molecule has 0 saturated carbocycles. The monoisotopic (exact) mass is 603 g/mol. The fourth-order valence-corrected chi connectivity index (χ4v) is 6.22. The van der Waals surface area contributed by atoms with Crippen molar-refractivity contribution in [2.24, 2.45) is 0 Å². The first kappa shape index (κ1) is 31.5. The summed E-state index contributed by atoms with van der Waals surface area (Å²) in [4.78, 5) is 28.7. The van der Waals surface area contributed by atoms with Gasteiger partial charge in [-0.3, -0.25) is 13.9 Å². The SMILES string of the molecule is CC[C@H](C(=O)NC(C)C)N(Cc1cccc(C)c1)C(=O)CN(c1cccc(Cl)c1Cl)S(=O)(=O)c1ccc(C)cc1. The van der Waals surface area contributed by atoms with Crippen LogP contribution in [-0.4, -0.2) is 43.8 Å². The molecule has 0 spiro atoms. The van der Waals surface area contributed by atoms with Gasteiger partial charge in [0.15, 0.2) is 0 Å². The summed E-state index contributed by atoms with van der Waals surface area (Å²) >= 11 is 12.7. The highest BCUT2D eigenvalue weighted by molar-refractivity contribution is 7.92. The lowest BCUT2D eigenvalue weighted by atomic mass is 10.1. The van der Waals surface area contributed by atoms with E-state index in [2.05, 4.69) is 5.32 Å². The van der Waals surface area contributed by atoms with E-state index in [1.165, 1.54) is 23.1 Å². The summed E-state index contributed by atoms with van der Waals surface area (Å²) in [5.74, 6) is -0.869. The van der Waals surface area contributed by atoms with Gasteiger partial charge in [0, 0.05) is 12.6 Å². The van der Waals surface area contributed by atoms with Gasteiger partial charge in [-0.1, -0.05) is 83.7 Å². The Labute approximate surface area is 247 Å². The Morgan fingerprint density at radius 2 is 1.57 bits per heavy atom. The number of hydrogen-bond donors (Lipinski definition) is 1. The fourth-order valence-electron chi connectivity index (χ4n) is 4.34. The second kappa shape index (κ2) is 13.5. The maximum atomic E-state index is 14.1. The van der Waals surface area contributed by atoms with Crippen molar-refractivity contribution in [1.29, 1.82) is 0 Å². The highest BCUT2D eigenvalue weighted by Crippen LogP contribution is 2.35. The van der Waals surface area contributed by atoms with E-state index in [1.807, 2.05) is 58.9 Å². The smallest absolute Gasteiger partial charge is 0.264 e. The predicted octanol–water partition coefficient (Wildman–Crippen LogP) is 6.14. The van der Waals surface area contributed by atoms with Crippen molar-refractivity contribution < 1.29 is 18.0 Å². The van der Waals surface area contributed by atoms with Gasteiger partial charge in [-0.25, -0.2) is 8.42 Å². The molecule has 3 rings (SSSR count). The summed E-state index contributed by atoms with van der Waals surface area (Å²) in [6.45, 7) is 8.81. The van der Waals surface area contributed by atoms with Crippen molar-refractivity contribution in [3.63, 3.8) is 0 Å². The summed E-state index contributed by atoms with van der Waals surface area (Å²) in [5.41, 5.74) is 2.77. The van der Waals surface area contributed by atoms with Crippen LogP contribution in [-0.2, 0) is 26.2 Å². The maximum absolute atomic E-state index is 14.1. The quantitative estimate of drug-likeness (QED) is 0.285. The van der Waals surface area contributed by atoms with E-state index in [4.69, 9.17) is 23.2 Å². The average Bonchev–Trinajstić information content (AvgIpc) is 2.88. The number of nitrogens with one attached hydrogen (secondary N) is 1. The first-order chi connectivity index (χ1) is 18.8. The van der Waals surface area contributed by atoms with Crippen LogP contribution in [0.25, 0.3) is 0 Å². The molecule has 0 saturated heterocycles. The van der Waals surface area contributed by atoms with Gasteiger partial charge in [0.2, 0.25) is 11.8 Å². The van der Waals surface area contributed by atoms with E-state index in [0.717, 1.165) is 21.0 Å². The topological polar surface area (TPSA) is 86.8 Å². The molecule has 0 fully saturated rings. The molecule has 1 atom stereocenters. The second-order valence-electron chi connectivity index (χ2n) is 10.00. The molecule has 0 bridgehead atoms. The van der Waals surface area contributed by atoms with Crippen LogP contribution in [0.3, 0.4) is 0 Å². The van der Waals surface area contributed by atoms with E-state index >= 15 is 0 Å². The van der Waals surface area contributed by atoms with Crippen molar-refractivity contribution in [3.05, 3.63) is 93.5 Å². The zero-order valence-corrected chi connectivity index (χ0v) is 25.6. The van der Waals surface area contributed by atoms with Crippen molar-refractivity contribution in [2.75, 3.05) is 10.8 Å². The molecule has 0 aromatic heterocycles. The van der Waals surface area contributed by atoms with Crippen molar-refractivity contribution in [3.8, 4) is 0 Å². The van der Waals surface area contributed by atoms with Gasteiger partial charge in [0.25, 0.3) is 10.0 Å². The van der Waals surface area contributed by atoms with Crippen LogP contribution in [0.2, 0.25) is 10.0 Å². The van der Waals surface area contributed by atoms with Gasteiger partial charge in [-0.05, 0) is 63.9 Å². The van der Waals surface area contributed by atoms with Crippen LogP contribution < -0.4 is 9.62 Å². The van der Waals surface area contributed by atoms with E-state index in [0.29, 0.717) is 6.42 Å². The third-order valence-electron chi connectivity index (χ3n) is 6.34. The highest BCUT2D eigenvalue weighted by Gasteiger charge is 2.34. The van der Waals surface area contributed by atoms with Crippen molar-refractivity contribution in [1.82, 2.24) is 10.2 Å². The van der Waals surface area contributed by atoms with Crippen LogP contribution in [0, 0.1) is 13.8 Å². The Morgan fingerprint density at radius 3 is 2.17 bits per heavy atom. The molecule has 7 nitrogen and oxygen atoms in total. The molecule has 0 unspecified atom stereocenters. The molecule has 3 aromatic carbocycles. The minimum atomic E-state index is -4.25. The molecule has 2 amide bonds. The van der Waals surface area contributed by atoms with E-state index in [9.17, 15) is 18.0 Å². The zero-order valence-electron chi connectivity index (χ0n) is 23.3. The summed E-state index contributed by atoms with van der Waals surface area (Å²) < 4.78 is 28.9. The molecule has 3 aromatic rings. The number of benzene rings is 3. The summed E-state index contributed by atoms with van der Waals surface area (Å²) in [6, 6.07) is 17.6. The van der Waals surface area contributed by atoms with E-state index < -0.39 is 28.5 Å². The largest absolute Gasteiger partial charge is 0.352 e. The number of rotatable bonds is 11. The lowest BCUT2D eigenvalue weighted by Gasteiger charge is -2.34. The number of carbonyl (C=O) groups excluding carboxylic acids is 2. The van der Waals surface area contributed by atoms with Gasteiger partial charge in [-0.2, -0.15) is 0 Å². The Bertz CT molecular complexity index is 1460. The average molecular weight is 605 g/mol. The Morgan fingerprint density at radius 1 is 0.925 bits per heavy atom. The Hall–Kier alpha value is -3.07. The lowest BCUT2D eigenvalue weighted by molar-refractivity contribution is -0.140. The molecular formula is C30H35Cl2N3O4S. The Balaban J connectivity index is 2.11. The first-order valence-corrected chi connectivity index (χ1v) is 15.2. The zero-order chi connectivity index (χ0) is 29.6. The normalized spacial score (nSPS) is 12.2. The van der Waals surface area contributed by atoms with Gasteiger partial charge in [0.05, 0.1) is 20.6 Å². The number of halogens is 2. The number of hydrogen-bond acceptors (Lipinski definition) is 4. The fraction of sp³-hybridized carbons (Fsp3) is 0.333. The maximum Gasteiger partial charge on any atom is 0.264 e.